The number of rotatable bonds is 3. The normalized spacial score (nSPS) is 21.1. The van der Waals surface area contributed by atoms with Gasteiger partial charge in [-0.25, -0.2) is 4.98 Å². The molecule has 1 aromatic carbocycles. The van der Waals surface area contributed by atoms with Crippen molar-refractivity contribution in [2.45, 2.75) is 44.0 Å². The molecule has 0 bridgehead atoms. The van der Waals surface area contributed by atoms with Gasteiger partial charge in [-0.3, -0.25) is 4.79 Å². The van der Waals surface area contributed by atoms with Crippen LogP contribution in [0.4, 0.5) is 13.2 Å². The van der Waals surface area contributed by atoms with Crippen molar-refractivity contribution in [2.75, 3.05) is 0 Å². The second-order valence-electron chi connectivity index (χ2n) is 6.19. The molecule has 0 saturated heterocycles. The SMILES string of the molecule is O=C(NC1CCC(O)CC1)c1cn(-c2cccc(C(F)(F)F)c2)cn1. The zero-order chi connectivity index (χ0) is 18.0. The molecule has 0 radical (unpaired) electrons. The molecule has 1 heterocycles. The van der Waals surface area contributed by atoms with E-state index in [1.54, 1.807) is 0 Å². The third-order valence-electron chi connectivity index (χ3n) is 4.32. The summed E-state index contributed by atoms with van der Waals surface area (Å²) in [6.45, 7) is 0. The van der Waals surface area contributed by atoms with Crippen LogP contribution in [-0.2, 0) is 6.18 Å². The Balaban J connectivity index is 1.71. The third-order valence-corrected chi connectivity index (χ3v) is 4.32. The highest BCUT2D eigenvalue weighted by atomic mass is 19.4. The Hall–Kier alpha value is -2.35. The van der Waals surface area contributed by atoms with E-state index < -0.39 is 11.7 Å². The number of hydrogen-bond acceptors (Lipinski definition) is 3. The lowest BCUT2D eigenvalue weighted by Crippen LogP contribution is -2.38. The van der Waals surface area contributed by atoms with Crippen molar-refractivity contribution < 1.29 is 23.1 Å². The number of imidazole rings is 1. The summed E-state index contributed by atoms with van der Waals surface area (Å²) in [7, 11) is 0. The second-order valence-corrected chi connectivity index (χ2v) is 6.19. The van der Waals surface area contributed by atoms with Crippen LogP contribution in [0.25, 0.3) is 5.69 Å². The molecule has 0 spiro atoms. The number of carbonyl (C=O) groups is 1. The molecule has 0 aliphatic heterocycles. The molecule has 3 rings (SSSR count). The lowest BCUT2D eigenvalue weighted by Gasteiger charge is -2.25. The van der Waals surface area contributed by atoms with Gasteiger partial charge in [0.2, 0.25) is 0 Å². The summed E-state index contributed by atoms with van der Waals surface area (Å²) in [6.07, 6.45) is 0.656. The average molecular weight is 353 g/mol. The monoisotopic (exact) mass is 353 g/mol. The van der Waals surface area contributed by atoms with E-state index >= 15 is 0 Å². The summed E-state index contributed by atoms with van der Waals surface area (Å²) in [6, 6.07) is 4.80. The molecule has 1 aliphatic rings. The number of aromatic nitrogens is 2. The quantitative estimate of drug-likeness (QED) is 0.892. The maximum Gasteiger partial charge on any atom is 0.416 e. The Morgan fingerprint density at radius 2 is 1.96 bits per heavy atom. The first kappa shape index (κ1) is 17.5. The van der Waals surface area contributed by atoms with Gasteiger partial charge in [0.25, 0.3) is 5.91 Å². The van der Waals surface area contributed by atoms with Crippen molar-refractivity contribution in [2.24, 2.45) is 0 Å². The fraction of sp³-hybridized carbons (Fsp3) is 0.412. The highest BCUT2D eigenvalue weighted by Gasteiger charge is 2.30. The van der Waals surface area contributed by atoms with E-state index in [1.807, 2.05) is 0 Å². The van der Waals surface area contributed by atoms with E-state index in [-0.39, 0.29) is 29.4 Å². The number of carbonyl (C=O) groups excluding carboxylic acids is 1. The highest BCUT2D eigenvalue weighted by molar-refractivity contribution is 5.92. The van der Waals surface area contributed by atoms with Crippen molar-refractivity contribution in [1.29, 1.82) is 0 Å². The molecule has 2 N–H and O–H groups in total. The van der Waals surface area contributed by atoms with Crippen molar-refractivity contribution in [3.63, 3.8) is 0 Å². The fourth-order valence-corrected chi connectivity index (χ4v) is 2.90. The van der Waals surface area contributed by atoms with Gasteiger partial charge in [0.15, 0.2) is 0 Å². The smallest absolute Gasteiger partial charge is 0.393 e. The summed E-state index contributed by atoms with van der Waals surface area (Å²) >= 11 is 0. The standard InChI is InChI=1S/C17H18F3N3O2/c18-17(19,20)11-2-1-3-13(8-11)23-9-15(21-10-23)16(25)22-12-4-6-14(24)7-5-12/h1-3,8-10,12,14,24H,4-7H2,(H,22,25). The predicted molar refractivity (Wildman–Crippen MR) is 84.3 cm³/mol. The zero-order valence-electron chi connectivity index (χ0n) is 13.3. The number of amides is 1. The van der Waals surface area contributed by atoms with E-state index in [9.17, 15) is 23.1 Å². The lowest BCUT2D eigenvalue weighted by molar-refractivity contribution is -0.137. The zero-order valence-corrected chi connectivity index (χ0v) is 13.3. The number of hydrogen-bond donors (Lipinski definition) is 2. The fourth-order valence-electron chi connectivity index (χ4n) is 2.90. The maximum absolute atomic E-state index is 12.8. The van der Waals surface area contributed by atoms with Crippen LogP contribution in [0.15, 0.2) is 36.8 Å². The Morgan fingerprint density at radius 3 is 2.64 bits per heavy atom. The molecule has 1 aromatic heterocycles. The van der Waals surface area contributed by atoms with Crippen LogP contribution in [0.5, 0.6) is 0 Å². The topological polar surface area (TPSA) is 67.2 Å². The molecule has 0 unspecified atom stereocenters. The molecule has 25 heavy (non-hydrogen) atoms. The van der Waals surface area contributed by atoms with Gasteiger partial charge >= 0.3 is 6.18 Å². The summed E-state index contributed by atoms with van der Waals surface area (Å²) in [5.41, 5.74) is -0.337. The Labute approximate surface area is 142 Å². The van der Waals surface area contributed by atoms with Crippen LogP contribution >= 0.6 is 0 Å². The first-order valence-electron chi connectivity index (χ1n) is 8.03. The first-order chi connectivity index (χ1) is 11.8. The number of aliphatic hydroxyl groups is 1. The third kappa shape index (κ3) is 4.19. The van der Waals surface area contributed by atoms with Crippen LogP contribution in [0.2, 0.25) is 0 Å². The van der Waals surface area contributed by atoms with Gasteiger partial charge in [0.05, 0.1) is 11.7 Å². The maximum atomic E-state index is 12.8. The molecule has 5 nitrogen and oxygen atoms in total. The summed E-state index contributed by atoms with van der Waals surface area (Å²) in [5, 5.41) is 12.3. The van der Waals surface area contributed by atoms with E-state index in [2.05, 4.69) is 10.3 Å². The van der Waals surface area contributed by atoms with Gasteiger partial charge in [-0.1, -0.05) is 6.07 Å². The summed E-state index contributed by atoms with van der Waals surface area (Å²) in [4.78, 5) is 16.2. The van der Waals surface area contributed by atoms with E-state index in [4.69, 9.17) is 0 Å². The van der Waals surface area contributed by atoms with Crippen LogP contribution in [-0.4, -0.2) is 32.7 Å². The van der Waals surface area contributed by atoms with Crippen LogP contribution in [0.1, 0.15) is 41.7 Å². The number of alkyl halides is 3. The minimum Gasteiger partial charge on any atom is -0.393 e. The Morgan fingerprint density at radius 1 is 1.24 bits per heavy atom. The highest BCUT2D eigenvalue weighted by Crippen LogP contribution is 2.30. The van der Waals surface area contributed by atoms with Crippen molar-refractivity contribution in [3.8, 4) is 5.69 Å². The van der Waals surface area contributed by atoms with Gasteiger partial charge < -0.3 is 15.0 Å². The molecular formula is C17H18F3N3O2. The molecule has 134 valence electrons. The minimum atomic E-state index is -4.43. The van der Waals surface area contributed by atoms with Crippen LogP contribution in [0.3, 0.4) is 0 Å². The Bertz CT molecular complexity index is 750. The summed E-state index contributed by atoms with van der Waals surface area (Å²) < 4.78 is 39.8. The van der Waals surface area contributed by atoms with E-state index in [0.717, 1.165) is 12.1 Å². The predicted octanol–water partition coefficient (Wildman–Crippen LogP) is 2.92. The van der Waals surface area contributed by atoms with Crippen molar-refractivity contribution in [1.82, 2.24) is 14.9 Å². The lowest BCUT2D eigenvalue weighted by atomic mass is 9.93. The van der Waals surface area contributed by atoms with Gasteiger partial charge in [-0.2, -0.15) is 13.2 Å². The molecule has 1 saturated carbocycles. The molecule has 8 heteroatoms. The molecule has 1 aliphatic carbocycles. The number of nitrogens with zero attached hydrogens (tertiary/aromatic N) is 2. The van der Waals surface area contributed by atoms with Crippen LogP contribution < -0.4 is 5.32 Å². The van der Waals surface area contributed by atoms with E-state index in [0.29, 0.717) is 25.7 Å². The summed E-state index contributed by atoms with van der Waals surface area (Å²) in [5.74, 6) is -0.368. The molecule has 1 fully saturated rings. The molecule has 2 aromatic rings. The largest absolute Gasteiger partial charge is 0.416 e. The van der Waals surface area contributed by atoms with Crippen molar-refractivity contribution in [3.05, 3.63) is 48.0 Å². The van der Waals surface area contributed by atoms with Gasteiger partial charge in [0.1, 0.15) is 12.0 Å². The number of aliphatic hydroxyl groups excluding tert-OH is 1. The molecule has 0 atom stereocenters. The van der Waals surface area contributed by atoms with Crippen LogP contribution in [0, 0.1) is 0 Å². The molecule has 1 amide bonds. The van der Waals surface area contributed by atoms with Crippen molar-refractivity contribution >= 4 is 5.91 Å². The first-order valence-corrected chi connectivity index (χ1v) is 8.03. The number of nitrogens with one attached hydrogen (secondary N) is 1. The van der Waals surface area contributed by atoms with E-state index in [1.165, 1.54) is 29.2 Å². The number of halogens is 3. The number of benzene rings is 1. The second kappa shape index (κ2) is 6.87. The minimum absolute atomic E-state index is 0.0189. The van der Waals surface area contributed by atoms with Gasteiger partial charge in [0, 0.05) is 17.9 Å². The Kier molecular flexibility index (Phi) is 4.80. The molecular weight excluding hydrogens is 335 g/mol. The average Bonchev–Trinajstić information content (AvgIpc) is 3.06. The van der Waals surface area contributed by atoms with Gasteiger partial charge in [-0.05, 0) is 43.9 Å². The van der Waals surface area contributed by atoms with Gasteiger partial charge in [-0.15, -0.1) is 0 Å².